The zero-order valence-corrected chi connectivity index (χ0v) is 22.2. The highest BCUT2D eigenvalue weighted by atomic mass is 19.1. The molecule has 0 aromatic heterocycles. The molecule has 2 heterocycles. The molecule has 2 aliphatic rings. The summed E-state index contributed by atoms with van der Waals surface area (Å²) in [6.45, 7) is 7.89. The molecule has 1 atom stereocenters. The lowest BCUT2D eigenvalue weighted by atomic mass is 9.94. The number of esters is 1. The molecule has 1 saturated heterocycles. The summed E-state index contributed by atoms with van der Waals surface area (Å²) in [5.74, 6) is -0.772. The highest BCUT2D eigenvalue weighted by Crippen LogP contribution is 2.33. The van der Waals surface area contributed by atoms with Crippen LogP contribution in [0.3, 0.4) is 0 Å². The molecule has 39 heavy (non-hydrogen) atoms. The Morgan fingerprint density at radius 3 is 2.41 bits per heavy atom. The number of methoxy groups -OCH3 is 1. The largest absolute Gasteiger partial charge is 0.497 e. The summed E-state index contributed by atoms with van der Waals surface area (Å²) in [6, 6.07) is 12.0. The number of rotatable bonds is 9. The van der Waals surface area contributed by atoms with Gasteiger partial charge in [0, 0.05) is 45.0 Å². The average Bonchev–Trinajstić information content (AvgIpc) is 2.95. The Hall–Kier alpha value is -4.18. The Bertz CT molecular complexity index is 1250. The number of hydrogen-bond acceptors (Lipinski definition) is 6. The summed E-state index contributed by atoms with van der Waals surface area (Å²) >= 11 is 0. The number of halogens is 1. The van der Waals surface area contributed by atoms with Crippen molar-refractivity contribution >= 4 is 17.9 Å². The Balaban J connectivity index is 1.62. The third-order valence-electron chi connectivity index (χ3n) is 6.83. The second-order valence-corrected chi connectivity index (χ2v) is 9.18. The predicted molar refractivity (Wildman–Crippen MR) is 144 cm³/mol. The molecule has 0 bridgehead atoms. The molecule has 9 nitrogen and oxygen atoms in total. The van der Waals surface area contributed by atoms with Crippen LogP contribution in [-0.2, 0) is 9.53 Å². The van der Waals surface area contributed by atoms with Crippen LogP contribution in [0.5, 0.6) is 5.75 Å². The van der Waals surface area contributed by atoms with Crippen LogP contribution in [0.4, 0.5) is 9.18 Å². The first-order chi connectivity index (χ1) is 18.9. The first kappa shape index (κ1) is 27.8. The first-order valence-electron chi connectivity index (χ1n) is 12.9. The van der Waals surface area contributed by atoms with Crippen LogP contribution < -0.4 is 10.1 Å². The molecule has 1 unspecified atom stereocenters. The summed E-state index contributed by atoms with van der Waals surface area (Å²) in [4.78, 5) is 44.6. The van der Waals surface area contributed by atoms with Gasteiger partial charge in [-0.2, -0.15) is 0 Å². The molecule has 2 aliphatic heterocycles. The molecule has 4 rings (SSSR count). The molecule has 0 spiro atoms. The number of carbonyl (C=O) groups excluding carboxylic acids is 3. The number of ether oxygens (including phenoxy) is 2. The van der Waals surface area contributed by atoms with E-state index in [9.17, 15) is 18.8 Å². The molecule has 3 amide bonds. The number of amides is 3. The quantitative estimate of drug-likeness (QED) is 0.391. The topological polar surface area (TPSA) is 91.4 Å². The molecule has 0 aliphatic carbocycles. The Morgan fingerprint density at radius 1 is 1.10 bits per heavy atom. The Morgan fingerprint density at radius 2 is 1.79 bits per heavy atom. The van der Waals surface area contributed by atoms with Crippen LogP contribution in [0.2, 0.25) is 0 Å². The van der Waals surface area contributed by atoms with E-state index in [2.05, 4.69) is 16.8 Å². The van der Waals surface area contributed by atoms with Crippen LogP contribution in [0, 0.1) is 5.82 Å². The number of piperazine rings is 1. The lowest BCUT2D eigenvalue weighted by Crippen LogP contribution is -2.54. The summed E-state index contributed by atoms with van der Waals surface area (Å²) in [5, 5.41) is 2.94. The predicted octanol–water partition coefficient (Wildman–Crippen LogP) is 3.36. The Labute approximate surface area is 227 Å². The third-order valence-corrected chi connectivity index (χ3v) is 6.83. The maximum atomic E-state index is 14.2. The van der Waals surface area contributed by atoms with Gasteiger partial charge < -0.3 is 19.7 Å². The summed E-state index contributed by atoms with van der Waals surface area (Å²) < 4.78 is 24.9. The minimum atomic E-state index is -0.720. The highest BCUT2D eigenvalue weighted by Gasteiger charge is 2.39. The average molecular weight is 537 g/mol. The van der Waals surface area contributed by atoms with E-state index >= 15 is 0 Å². The van der Waals surface area contributed by atoms with E-state index < -0.39 is 17.8 Å². The van der Waals surface area contributed by atoms with Crippen molar-refractivity contribution in [1.82, 2.24) is 20.0 Å². The molecule has 0 radical (unpaired) electrons. The van der Waals surface area contributed by atoms with Crippen LogP contribution >= 0.6 is 0 Å². The minimum absolute atomic E-state index is 0.0432. The van der Waals surface area contributed by atoms with Gasteiger partial charge in [0.05, 0.1) is 30.9 Å². The van der Waals surface area contributed by atoms with Crippen molar-refractivity contribution in [3.63, 3.8) is 0 Å². The van der Waals surface area contributed by atoms with E-state index in [1.807, 2.05) is 0 Å². The second-order valence-electron chi connectivity index (χ2n) is 9.18. The lowest BCUT2D eigenvalue weighted by molar-refractivity contribution is -0.139. The van der Waals surface area contributed by atoms with Crippen molar-refractivity contribution in [2.24, 2.45) is 0 Å². The SMILES string of the molecule is C=CCN1C(=O)NC(c2ccc(OC)cc2)C(C(=O)OCC)=C1CN1CCN(C(=O)c2ccccc2F)CC1. The fraction of sp³-hybridized carbons (Fsp3) is 0.345. The second kappa shape index (κ2) is 12.6. The van der Waals surface area contributed by atoms with E-state index in [1.54, 1.807) is 61.4 Å². The van der Waals surface area contributed by atoms with Crippen molar-refractivity contribution < 1.29 is 28.2 Å². The number of hydrogen-bond donors (Lipinski definition) is 1. The van der Waals surface area contributed by atoms with Crippen LogP contribution in [0.25, 0.3) is 0 Å². The zero-order valence-electron chi connectivity index (χ0n) is 22.2. The van der Waals surface area contributed by atoms with Crippen molar-refractivity contribution in [3.05, 3.63) is 89.4 Å². The van der Waals surface area contributed by atoms with Gasteiger partial charge in [-0.25, -0.2) is 14.0 Å². The van der Waals surface area contributed by atoms with Crippen molar-refractivity contribution in [2.75, 3.05) is 53.0 Å². The molecule has 1 N–H and O–H groups in total. The highest BCUT2D eigenvalue weighted by molar-refractivity contribution is 5.95. The standard InChI is InChI=1S/C29H33FN4O5/c1-4-14-34-24(19-32-15-17-33(18-16-32)27(35)22-8-6-7-9-23(22)30)25(28(36)39-5-2)26(31-29(34)37)20-10-12-21(38-3)13-11-20/h4,6-13,26H,1,5,14-19H2,2-3H3,(H,31,37). The molecule has 2 aromatic rings. The molecule has 2 aromatic carbocycles. The zero-order chi connectivity index (χ0) is 27.9. The number of benzene rings is 2. The van der Waals surface area contributed by atoms with Gasteiger partial charge in [0.25, 0.3) is 5.91 Å². The van der Waals surface area contributed by atoms with Gasteiger partial charge in [0.1, 0.15) is 11.6 Å². The maximum absolute atomic E-state index is 14.2. The van der Waals surface area contributed by atoms with Crippen LogP contribution in [0.15, 0.2) is 72.5 Å². The third kappa shape index (κ3) is 6.12. The Kier molecular flexibility index (Phi) is 8.98. The molecular weight excluding hydrogens is 503 g/mol. The molecule has 1 fully saturated rings. The number of urea groups is 1. The first-order valence-corrected chi connectivity index (χ1v) is 12.9. The van der Waals surface area contributed by atoms with Crippen LogP contribution in [-0.4, -0.2) is 85.6 Å². The maximum Gasteiger partial charge on any atom is 0.338 e. The van der Waals surface area contributed by atoms with Crippen molar-refractivity contribution in [2.45, 2.75) is 13.0 Å². The fourth-order valence-corrected chi connectivity index (χ4v) is 4.82. The van der Waals surface area contributed by atoms with Crippen molar-refractivity contribution in [3.8, 4) is 5.75 Å². The normalized spacial score (nSPS) is 18.0. The summed E-state index contributed by atoms with van der Waals surface area (Å²) in [6.07, 6.45) is 1.60. The van der Waals surface area contributed by atoms with Gasteiger partial charge in [0.15, 0.2) is 0 Å². The van der Waals surface area contributed by atoms with E-state index in [-0.39, 0.29) is 37.2 Å². The van der Waals surface area contributed by atoms with E-state index in [0.717, 1.165) is 0 Å². The minimum Gasteiger partial charge on any atom is -0.497 e. The smallest absolute Gasteiger partial charge is 0.338 e. The van der Waals surface area contributed by atoms with E-state index in [0.29, 0.717) is 48.8 Å². The van der Waals surface area contributed by atoms with E-state index in [4.69, 9.17) is 9.47 Å². The van der Waals surface area contributed by atoms with Gasteiger partial charge in [-0.15, -0.1) is 6.58 Å². The van der Waals surface area contributed by atoms with Gasteiger partial charge in [-0.3, -0.25) is 14.6 Å². The number of nitrogens with zero attached hydrogens (tertiary/aromatic N) is 3. The summed E-state index contributed by atoms with van der Waals surface area (Å²) in [7, 11) is 1.57. The van der Waals surface area contributed by atoms with Gasteiger partial charge >= 0.3 is 12.0 Å². The van der Waals surface area contributed by atoms with Gasteiger partial charge in [-0.1, -0.05) is 30.3 Å². The molecular formula is C29H33FN4O5. The molecule has 0 saturated carbocycles. The van der Waals surface area contributed by atoms with E-state index in [1.165, 1.54) is 17.0 Å². The van der Waals surface area contributed by atoms with Gasteiger partial charge in [0.2, 0.25) is 0 Å². The monoisotopic (exact) mass is 536 g/mol. The summed E-state index contributed by atoms with van der Waals surface area (Å²) in [5.41, 5.74) is 1.62. The fourth-order valence-electron chi connectivity index (χ4n) is 4.82. The number of nitrogens with one attached hydrogen (secondary N) is 1. The lowest BCUT2D eigenvalue weighted by Gasteiger charge is -2.40. The van der Waals surface area contributed by atoms with Crippen LogP contribution in [0.1, 0.15) is 28.9 Å². The van der Waals surface area contributed by atoms with Gasteiger partial charge in [-0.05, 0) is 36.8 Å². The van der Waals surface area contributed by atoms with Crippen molar-refractivity contribution in [1.29, 1.82) is 0 Å². The number of carbonyl (C=O) groups is 3. The molecule has 206 valence electrons. The molecule has 10 heteroatoms.